The number of carbonyl (C=O) groups excluding carboxylic acids is 1. The molecular formula is C29H40O7. The molecule has 0 spiro atoms. The number of hydrogen-bond donors (Lipinski definition) is 2. The monoisotopic (exact) mass is 500 g/mol. The van der Waals surface area contributed by atoms with E-state index >= 15 is 0 Å². The second kappa shape index (κ2) is 10.3. The minimum atomic E-state index is -0.939. The predicted octanol–water partition coefficient (Wildman–Crippen LogP) is 5.64. The van der Waals surface area contributed by atoms with Crippen LogP contribution >= 0.6 is 0 Å². The number of hydrogen-bond acceptors (Lipinski definition) is 6. The Hall–Kier alpha value is -2.83. The number of fused-ring (bicyclic) bond motifs is 1. The number of carboxylic acids is 1. The molecule has 1 aromatic rings. The van der Waals surface area contributed by atoms with Crippen molar-refractivity contribution < 1.29 is 29.0 Å². The topological polar surface area (TPSA) is 114 Å². The predicted molar refractivity (Wildman–Crippen MR) is 137 cm³/mol. The summed E-state index contributed by atoms with van der Waals surface area (Å²) in [5.41, 5.74) is 1.06. The number of carboxylic acid groups (broad SMARTS) is 1. The van der Waals surface area contributed by atoms with Crippen molar-refractivity contribution in [1.29, 1.82) is 0 Å². The molecule has 7 nitrogen and oxygen atoms in total. The molecule has 1 heterocycles. The highest BCUT2D eigenvalue weighted by molar-refractivity contribution is 5.85. The van der Waals surface area contributed by atoms with E-state index in [1.165, 1.54) is 6.92 Å². The highest BCUT2D eigenvalue weighted by Crippen LogP contribution is 2.63. The van der Waals surface area contributed by atoms with Crippen LogP contribution in [0.15, 0.2) is 33.0 Å². The second-order valence-electron chi connectivity index (χ2n) is 11.3. The molecule has 0 saturated heterocycles. The van der Waals surface area contributed by atoms with Crippen molar-refractivity contribution in [3.8, 4) is 5.75 Å². The maximum absolute atomic E-state index is 12.8. The zero-order valence-corrected chi connectivity index (χ0v) is 22.4. The van der Waals surface area contributed by atoms with Crippen LogP contribution in [0.1, 0.15) is 83.1 Å². The van der Waals surface area contributed by atoms with Crippen LogP contribution in [0.3, 0.4) is 0 Å². The van der Waals surface area contributed by atoms with Gasteiger partial charge in [-0.15, -0.1) is 0 Å². The van der Waals surface area contributed by atoms with E-state index in [0.717, 1.165) is 24.8 Å². The molecule has 0 bridgehead atoms. The zero-order valence-electron chi connectivity index (χ0n) is 22.4. The van der Waals surface area contributed by atoms with Gasteiger partial charge in [0.05, 0.1) is 5.56 Å². The quantitative estimate of drug-likeness (QED) is 0.283. The average Bonchev–Trinajstić information content (AvgIpc) is 2.78. The van der Waals surface area contributed by atoms with Gasteiger partial charge in [0.1, 0.15) is 17.6 Å². The minimum Gasteiger partial charge on any atom is -0.507 e. The van der Waals surface area contributed by atoms with Crippen LogP contribution in [0.25, 0.3) is 0 Å². The third-order valence-electron chi connectivity index (χ3n) is 9.16. The minimum absolute atomic E-state index is 0.00656. The summed E-state index contributed by atoms with van der Waals surface area (Å²) in [7, 11) is 0. The molecule has 5 unspecified atom stereocenters. The molecule has 5 atom stereocenters. The molecule has 2 aliphatic rings. The third kappa shape index (κ3) is 5.02. The summed E-state index contributed by atoms with van der Waals surface area (Å²) in [4.78, 5) is 36.1. The van der Waals surface area contributed by atoms with Gasteiger partial charge in [-0.1, -0.05) is 32.1 Å². The molecule has 0 radical (unpaired) electrons. The Morgan fingerprint density at radius 2 is 1.89 bits per heavy atom. The van der Waals surface area contributed by atoms with E-state index in [-0.39, 0.29) is 46.1 Å². The van der Waals surface area contributed by atoms with Crippen molar-refractivity contribution >= 4 is 11.9 Å². The number of carbonyl (C=O) groups is 2. The zero-order chi connectivity index (χ0) is 27.0. The van der Waals surface area contributed by atoms with Gasteiger partial charge in [-0.3, -0.25) is 4.79 Å². The Morgan fingerprint density at radius 3 is 2.50 bits per heavy atom. The molecular weight excluding hydrogens is 460 g/mol. The average molecular weight is 501 g/mol. The van der Waals surface area contributed by atoms with Crippen molar-refractivity contribution in [2.75, 3.05) is 0 Å². The largest absolute Gasteiger partial charge is 0.507 e. The first-order valence-electron chi connectivity index (χ1n) is 12.8. The Kier molecular flexibility index (Phi) is 7.92. The number of aliphatic carboxylic acids is 1. The number of esters is 1. The van der Waals surface area contributed by atoms with Crippen molar-refractivity contribution in [1.82, 2.24) is 0 Å². The van der Waals surface area contributed by atoms with E-state index in [4.69, 9.17) is 9.15 Å². The molecule has 36 heavy (non-hydrogen) atoms. The van der Waals surface area contributed by atoms with Crippen LogP contribution in [0.2, 0.25) is 0 Å². The van der Waals surface area contributed by atoms with Crippen LogP contribution in [0.4, 0.5) is 0 Å². The van der Waals surface area contributed by atoms with Gasteiger partial charge in [0.25, 0.3) is 0 Å². The molecule has 198 valence electrons. The number of ether oxygens (including phenoxy) is 1. The highest BCUT2D eigenvalue weighted by Gasteiger charge is 2.58. The van der Waals surface area contributed by atoms with Crippen molar-refractivity contribution in [3.63, 3.8) is 0 Å². The van der Waals surface area contributed by atoms with Gasteiger partial charge >= 0.3 is 17.6 Å². The third-order valence-corrected chi connectivity index (χ3v) is 9.16. The molecule has 2 N–H and O–H groups in total. The fourth-order valence-corrected chi connectivity index (χ4v) is 6.92. The molecule has 0 amide bonds. The standard InChI is InChI=1S/C29H40O7/c1-16-10-11-23-28(6,22(16)15-21-25(31)18(3)19(4)35-27(21)34)14-12-24(36-20(5)30)29(23,7)13-8-9-17(2)26(32)33/h9,22-24,31H,1,8,10-15H2,2-7H3,(H,32,33). The van der Waals surface area contributed by atoms with E-state index in [1.54, 1.807) is 26.8 Å². The van der Waals surface area contributed by atoms with Crippen LogP contribution in [0.5, 0.6) is 5.75 Å². The first-order chi connectivity index (χ1) is 16.7. The summed E-state index contributed by atoms with van der Waals surface area (Å²) in [6, 6.07) is 0. The van der Waals surface area contributed by atoms with E-state index in [9.17, 15) is 24.6 Å². The molecule has 7 heteroatoms. The van der Waals surface area contributed by atoms with E-state index in [0.29, 0.717) is 42.6 Å². The Morgan fingerprint density at radius 1 is 1.22 bits per heavy atom. The summed E-state index contributed by atoms with van der Waals surface area (Å²) >= 11 is 0. The lowest BCUT2D eigenvalue weighted by Gasteiger charge is -2.61. The van der Waals surface area contributed by atoms with E-state index < -0.39 is 11.6 Å². The lowest BCUT2D eigenvalue weighted by molar-refractivity contribution is -0.178. The molecule has 2 fully saturated rings. The van der Waals surface area contributed by atoms with Gasteiger partial charge in [-0.2, -0.15) is 0 Å². The summed E-state index contributed by atoms with van der Waals surface area (Å²) in [5.74, 6) is -0.758. The summed E-state index contributed by atoms with van der Waals surface area (Å²) < 4.78 is 11.3. The Bertz CT molecular complexity index is 1140. The van der Waals surface area contributed by atoms with Crippen LogP contribution in [-0.2, 0) is 20.7 Å². The lowest BCUT2D eigenvalue weighted by atomic mass is 9.45. The summed E-state index contributed by atoms with van der Waals surface area (Å²) in [6.45, 7) is 15.2. The smallest absolute Gasteiger partial charge is 0.342 e. The Labute approximate surface area is 213 Å². The first kappa shape index (κ1) is 27.8. The summed E-state index contributed by atoms with van der Waals surface area (Å²) in [5, 5.41) is 20.1. The van der Waals surface area contributed by atoms with Gasteiger partial charge in [-0.25, -0.2) is 9.59 Å². The van der Waals surface area contributed by atoms with Crippen molar-refractivity contribution in [3.05, 3.63) is 51.1 Å². The fourth-order valence-electron chi connectivity index (χ4n) is 6.92. The molecule has 0 aliphatic heterocycles. The second-order valence-corrected chi connectivity index (χ2v) is 11.3. The van der Waals surface area contributed by atoms with Gasteiger partial charge in [-0.05, 0) is 83.0 Å². The fraction of sp³-hybridized carbons (Fsp3) is 0.621. The summed E-state index contributed by atoms with van der Waals surface area (Å²) in [6.07, 6.45) is 6.13. The van der Waals surface area contributed by atoms with Crippen LogP contribution in [-0.4, -0.2) is 28.3 Å². The molecule has 1 aromatic heterocycles. The SMILES string of the molecule is C=C1CCC2C(C)(CCC=C(C)C(=O)O)C(OC(C)=O)CCC2(C)C1Cc1c(O)c(C)c(C)oc1=O. The van der Waals surface area contributed by atoms with Crippen molar-refractivity contribution in [2.24, 2.45) is 22.7 Å². The molecule has 2 saturated carbocycles. The highest BCUT2D eigenvalue weighted by atomic mass is 16.5. The Balaban J connectivity index is 2.02. The maximum atomic E-state index is 12.8. The van der Waals surface area contributed by atoms with Crippen LogP contribution < -0.4 is 5.63 Å². The van der Waals surface area contributed by atoms with E-state index in [2.05, 4.69) is 20.4 Å². The first-order valence-corrected chi connectivity index (χ1v) is 12.8. The van der Waals surface area contributed by atoms with E-state index in [1.807, 2.05) is 0 Å². The number of rotatable bonds is 7. The maximum Gasteiger partial charge on any atom is 0.342 e. The molecule has 2 aliphatic carbocycles. The van der Waals surface area contributed by atoms with Gasteiger partial charge in [0.15, 0.2) is 0 Å². The number of aryl methyl sites for hydroxylation is 1. The number of aromatic hydroxyl groups is 1. The lowest BCUT2D eigenvalue weighted by Crippen LogP contribution is -2.57. The van der Waals surface area contributed by atoms with Gasteiger partial charge < -0.3 is 19.4 Å². The van der Waals surface area contributed by atoms with Gasteiger partial charge in [0.2, 0.25) is 0 Å². The van der Waals surface area contributed by atoms with Crippen molar-refractivity contribution in [2.45, 2.75) is 92.6 Å². The number of allylic oxidation sites excluding steroid dienone is 2. The molecule has 0 aromatic carbocycles. The van der Waals surface area contributed by atoms with Crippen LogP contribution in [0, 0.1) is 36.5 Å². The van der Waals surface area contributed by atoms with Gasteiger partial charge in [0, 0.05) is 23.5 Å². The normalized spacial score (nSPS) is 30.6. The molecule has 3 rings (SSSR count).